The van der Waals surface area contributed by atoms with Gasteiger partial charge in [0, 0.05) is 11.6 Å². The van der Waals surface area contributed by atoms with Crippen molar-refractivity contribution >= 4 is 22.1 Å². The van der Waals surface area contributed by atoms with Gasteiger partial charge in [-0.1, -0.05) is 30.3 Å². The molecule has 0 fully saturated rings. The Labute approximate surface area is 122 Å². The SMILES string of the molecule is CC(N)C(Oc1ccc2ccccc2c1)c1ccsc1. The fourth-order valence-corrected chi connectivity index (χ4v) is 2.99. The van der Waals surface area contributed by atoms with E-state index in [1.807, 2.05) is 25.1 Å². The van der Waals surface area contributed by atoms with Gasteiger partial charge in [0.2, 0.25) is 0 Å². The van der Waals surface area contributed by atoms with Crippen LogP contribution < -0.4 is 10.5 Å². The summed E-state index contributed by atoms with van der Waals surface area (Å²) in [6.07, 6.45) is -0.109. The van der Waals surface area contributed by atoms with Gasteiger partial charge >= 0.3 is 0 Å². The lowest BCUT2D eigenvalue weighted by Gasteiger charge is -2.22. The van der Waals surface area contributed by atoms with Crippen LogP contribution in [0.25, 0.3) is 10.8 Å². The summed E-state index contributed by atoms with van der Waals surface area (Å²) in [5.41, 5.74) is 7.21. The molecule has 0 aliphatic rings. The first-order valence-corrected chi connectivity index (χ1v) is 7.61. The van der Waals surface area contributed by atoms with Gasteiger partial charge in [0.25, 0.3) is 0 Å². The molecule has 3 aromatic rings. The minimum absolute atomic E-state index is 0.0592. The zero-order valence-electron chi connectivity index (χ0n) is 11.3. The van der Waals surface area contributed by atoms with Crippen LogP contribution in [0, 0.1) is 0 Å². The predicted molar refractivity (Wildman–Crippen MR) is 85.3 cm³/mol. The quantitative estimate of drug-likeness (QED) is 0.771. The number of rotatable bonds is 4. The topological polar surface area (TPSA) is 35.2 Å². The number of benzene rings is 2. The van der Waals surface area contributed by atoms with E-state index in [0.717, 1.165) is 11.3 Å². The molecule has 3 rings (SSSR count). The monoisotopic (exact) mass is 283 g/mol. The molecule has 2 unspecified atom stereocenters. The van der Waals surface area contributed by atoms with Crippen LogP contribution in [0.2, 0.25) is 0 Å². The molecule has 0 amide bonds. The Morgan fingerprint density at radius 2 is 1.85 bits per heavy atom. The maximum Gasteiger partial charge on any atom is 0.139 e. The standard InChI is InChI=1S/C17H17NOS/c1-12(18)17(15-8-9-20-11-15)19-16-7-6-13-4-2-3-5-14(13)10-16/h2-12,17H,18H2,1H3. The van der Waals surface area contributed by atoms with E-state index in [4.69, 9.17) is 10.5 Å². The minimum Gasteiger partial charge on any atom is -0.484 e. The molecule has 2 atom stereocenters. The third kappa shape index (κ3) is 2.69. The molecule has 2 aromatic carbocycles. The largest absolute Gasteiger partial charge is 0.484 e. The summed E-state index contributed by atoms with van der Waals surface area (Å²) in [7, 11) is 0. The molecule has 102 valence electrons. The Bertz CT molecular complexity index is 691. The first-order chi connectivity index (χ1) is 9.74. The van der Waals surface area contributed by atoms with E-state index >= 15 is 0 Å². The Kier molecular flexibility index (Phi) is 3.72. The lowest BCUT2D eigenvalue weighted by atomic mass is 10.1. The van der Waals surface area contributed by atoms with Crippen molar-refractivity contribution in [3.05, 3.63) is 64.9 Å². The van der Waals surface area contributed by atoms with Crippen molar-refractivity contribution in [3.8, 4) is 5.75 Å². The first kappa shape index (κ1) is 13.2. The average Bonchev–Trinajstić information content (AvgIpc) is 2.98. The van der Waals surface area contributed by atoms with Gasteiger partial charge in [-0.25, -0.2) is 0 Å². The van der Waals surface area contributed by atoms with Crippen molar-refractivity contribution in [2.24, 2.45) is 5.73 Å². The highest BCUT2D eigenvalue weighted by atomic mass is 32.1. The van der Waals surface area contributed by atoms with Crippen molar-refractivity contribution in [1.29, 1.82) is 0 Å². The summed E-state index contributed by atoms with van der Waals surface area (Å²) in [6, 6.07) is 16.4. The molecule has 0 saturated heterocycles. The third-order valence-corrected chi connectivity index (χ3v) is 4.03. The van der Waals surface area contributed by atoms with Crippen molar-refractivity contribution in [3.63, 3.8) is 0 Å². The molecule has 0 radical (unpaired) electrons. The first-order valence-electron chi connectivity index (χ1n) is 6.67. The summed E-state index contributed by atoms with van der Waals surface area (Å²) in [4.78, 5) is 0. The predicted octanol–water partition coefficient (Wildman–Crippen LogP) is 4.37. The van der Waals surface area contributed by atoms with Crippen molar-refractivity contribution in [2.45, 2.75) is 19.1 Å². The highest BCUT2D eigenvalue weighted by molar-refractivity contribution is 7.07. The van der Waals surface area contributed by atoms with Crippen LogP contribution in [0.3, 0.4) is 0 Å². The molecule has 2 N–H and O–H groups in total. The third-order valence-electron chi connectivity index (χ3n) is 3.33. The van der Waals surface area contributed by atoms with Crippen molar-refractivity contribution in [2.75, 3.05) is 0 Å². The molecule has 3 heteroatoms. The lowest BCUT2D eigenvalue weighted by molar-refractivity contribution is 0.181. The van der Waals surface area contributed by atoms with E-state index in [0.29, 0.717) is 0 Å². The lowest BCUT2D eigenvalue weighted by Crippen LogP contribution is -2.28. The van der Waals surface area contributed by atoms with Crippen LogP contribution in [0.5, 0.6) is 5.75 Å². The molecule has 0 bridgehead atoms. The molecule has 0 spiro atoms. The molecular formula is C17H17NOS. The van der Waals surface area contributed by atoms with E-state index in [-0.39, 0.29) is 12.1 Å². The normalized spacial score (nSPS) is 14.1. The second kappa shape index (κ2) is 5.65. The average molecular weight is 283 g/mol. The highest BCUT2D eigenvalue weighted by Gasteiger charge is 2.18. The van der Waals surface area contributed by atoms with Crippen LogP contribution in [-0.2, 0) is 0 Å². The van der Waals surface area contributed by atoms with Crippen molar-refractivity contribution < 1.29 is 4.74 Å². The highest BCUT2D eigenvalue weighted by Crippen LogP contribution is 2.28. The number of fused-ring (bicyclic) bond motifs is 1. The van der Waals surface area contributed by atoms with Gasteiger partial charge in [-0.3, -0.25) is 0 Å². The maximum atomic E-state index is 6.11. The number of ether oxygens (including phenoxy) is 1. The van der Waals surface area contributed by atoms with Gasteiger partial charge < -0.3 is 10.5 Å². The molecule has 0 aliphatic carbocycles. The van der Waals surface area contributed by atoms with E-state index < -0.39 is 0 Å². The van der Waals surface area contributed by atoms with Crippen LogP contribution in [0.15, 0.2) is 59.3 Å². The van der Waals surface area contributed by atoms with Crippen LogP contribution in [0.4, 0.5) is 0 Å². The summed E-state index contributed by atoms with van der Waals surface area (Å²) >= 11 is 1.66. The Balaban J connectivity index is 1.90. The van der Waals surface area contributed by atoms with E-state index in [1.54, 1.807) is 11.3 Å². The molecule has 20 heavy (non-hydrogen) atoms. The van der Waals surface area contributed by atoms with E-state index in [1.165, 1.54) is 10.8 Å². The number of nitrogens with two attached hydrogens (primary N) is 1. The van der Waals surface area contributed by atoms with Crippen LogP contribution in [0.1, 0.15) is 18.6 Å². The Morgan fingerprint density at radius 3 is 2.55 bits per heavy atom. The second-order valence-corrected chi connectivity index (χ2v) is 5.74. The zero-order chi connectivity index (χ0) is 13.9. The summed E-state index contributed by atoms with van der Waals surface area (Å²) in [5.74, 6) is 0.859. The fourth-order valence-electron chi connectivity index (χ4n) is 2.30. The molecule has 1 aromatic heterocycles. The minimum atomic E-state index is -0.109. The Morgan fingerprint density at radius 1 is 1.05 bits per heavy atom. The molecular weight excluding hydrogens is 266 g/mol. The zero-order valence-corrected chi connectivity index (χ0v) is 12.1. The second-order valence-electron chi connectivity index (χ2n) is 4.96. The molecule has 2 nitrogen and oxygen atoms in total. The van der Waals surface area contributed by atoms with Gasteiger partial charge in [-0.2, -0.15) is 11.3 Å². The fraction of sp³-hybridized carbons (Fsp3) is 0.176. The van der Waals surface area contributed by atoms with Crippen molar-refractivity contribution in [1.82, 2.24) is 0 Å². The van der Waals surface area contributed by atoms with Crippen LogP contribution in [-0.4, -0.2) is 6.04 Å². The van der Waals surface area contributed by atoms with E-state index in [9.17, 15) is 0 Å². The summed E-state index contributed by atoms with van der Waals surface area (Å²) in [5, 5.41) is 6.54. The van der Waals surface area contributed by atoms with Crippen LogP contribution >= 0.6 is 11.3 Å². The molecule has 0 aliphatic heterocycles. The van der Waals surface area contributed by atoms with Gasteiger partial charge in [-0.05, 0) is 46.7 Å². The van der Waals surface area contributed by atoms with Gasteiger partial charge in [-0.15, -0.1) is 0 Å². The van der Waals surface area contributed by atoms with Gasteiger partial charge in [0.15, 0.2) is 0 Å². The molecule has 0 saturated carbocycles. The Hall–Kier alpha value is -1.84. The maximum absolute atomic E-state index is 6.11. The smallest absolute Gasteiger partial charge is 0.139 e. The van der Waals surface area contributed by atoms with Gasteiger partial charge in [0.05, 0.1) is 0 Å². The summed E-state index contributed by atoms with van der Waals surface area (Å²) < 4.78 is 6.11. The number of hydrogen-bond acceptors (Lipinski definition) is 3. The molecule has 1 heterocycles. The van der Waals surface area contributed by atoms with Gasteiger partial charge in [0.1, 0.15) is 11.9 Å². The van der Waals surface area contributed by atoms with E-state index in [2.05, 4.69) is 41.1 Å². The number of hydrogen-bond donors (Lipinski definition) is 1. The number of thiophene rings is 1. The summed E-state index contributed by atoms with van der Waals surface area (Å²) in [6.45, 7) is 1.98.